The summed E-state index contributed by atoms with van der Waals surface area (Å²) in [7, 11) is 0. The second-order valence-corrected chi connectivity index (χ2v) is 7.84. The SMILES string of the molecule is [c]1cccc2cc3c(ccc4nc5c(ccc6cc7ccccc7cc65)nc43)cc12. The second-order valence-electron chi connectivity index (χ2n) is 7.84. The number of nitrogens with zero attached hydrogens (tertiary/aromatic N) is 2. The van der Waals surface area contributed by atoms with E-state index in [9.17, 15) is 0 Å². The molecule has 2 heteroatoms. The van der Waals surface area contributed by atoms with E-state index in [1.54, 1.807) is 0 Å². The number of hydrogen-bond acceptors (Lipinski definition) is 2. The average molecular weight is 379 g/mol. The Morgan fingerprint density at radius 3 is 1.83 bits per heavy atom. The molecule has 0 spiro atoms. The number of benzene rings is 6. The molecule has 0 amide bonds. The Bertz CT molecular complexity index is 1660. The topological polar surface area (TPSA) is 25.8 Å². The van der Waals surface area contributed by atoms with Gasteiger partial charge in [0.15, 0.2) is 0 Å². The van der Waals surface area contributed by atoms with Gasteiger partial charge in [-0.3, -0.25) is 0 Å². The number of rotatable bonds is 0. The zero-order valence-electron chi connectivity index (χ0n) is 16.1. The maximum Gasteiger partial charge on any atom is 0.0973 e. The van der Waals surface area contributed by atoms with Gasteiger partial charge in [0.1, 0.15) is 0 Å². The van der Waals surface area contributed by atoms with E-state index in [4.69, 9.17) is 9.97 Å². The van der Waals surface area contributed by atoms with Gasteiger partial charge in [0.05, 0.1) is 22.1 Å². The van der Waals surface area contributed by atoms with Gasteiger partial charge in [-0.15, -0.1) is 0 Å². The molecule has 6 aromatic carbocycles. The van der Waals surface area contributed by atoms with Crippen LogP contribution >= 0.6 is 0 Å². The molecule has 0 atom stereocenters. The third-order valence-electron chi connectivity index (χ3n) is 6.05. The van der Waals surface area contributed by atoms with E-state index in [0.717, 1.165) is 43.6 Å². The van der Waals surface area contributed by atoms with Crippen molar-refractivity contribution in [2.45, 2.75) is 0 Å². The summed E-state index contributed by atoms with van der Waals surface area (Å²) in [6.45, 7) is 0. The first-order valence-corrected chi connectivity index (χ1v) is 10.1. The molecule has 0 bridgehead atoms. The highest BCUT2D eigenvalue weighted by Crippen LogP contribution is 2.32. The van der Waals surface area contributed by atoms with Crippen LogP contribution in [0.4, 0.5) is 0 Å². The Labute approximate surface area is 172 Å². The first-order valence-electron chi connectivity index (χ1n) is 10.1. The Morgan fingerprint density at radius 1 is 0.500 bits per heavy atom. The van der Waals surface area contributed by atoms with Gasteiger partial charge in [-0.05, 0) is 74.8 Å². The van der Waals surface area contributed by atoms with E-state index in [2.05, 4.69) is 84.9 Å². The van der Waals surface area contributed by atoms with Crippen LogP contribution in [0, 0.1) is 6.07 Å². The highest BCUT2D eigenvalue weighted by atomic mass is 14.8. The fourth-order valence-corrected chi connectivity index (χ4v) is 4.56. The van der Waals surface area contributed by atoms with Crippen molar-refractivity contribution < 1.29 is 0 Å². The van der Waals surface area contributed by atoms with Crippen molar-refractivity contribution in [2.24, 2.45) is 0 Å². The highest BCUT2D eigenvalue weighted by Gasteiger charge is 2.10. The van der Waals surface area contributed by atoms with Crippen molar-refractivity contribution in [3.05, 3.63) is 97.1 Å². The Morgan fingerprint density at radius 2 is 1.10 bits per heavy atom. The van der Waals surface area contributed by atoms with Crippen LogP contribution in [0.3, 0.4) is 0 Å². The van der Waals surface area contributed by atoms with Gasteiger partial charge in [0, 0.05) is 10.8 Å². The summed E-state index contributed by atoms with van der Waals surface area (Å²) in [5.41, 5.74) is 3.76. The van der Waals surface area contributed by atoms with E-state index >= 15 is 0 Å². The van der Waals surface area contributed by atoms with Crippen molar-refractivity contribution in [3.8, 4) is 0 Å². The second kappa shape index (κ2) is 5.74. The summed E-state index contributed by atoms with van der Waals surface area (Å²) >= 11 is 0. The summed E-state index contributed by atoms with van der Waals surface area (Å²) in [4.78, 5) is 10.1. The Balaban J connectivity index is 1.61. The quantitative estimate of drug-likeness (QED) is 0.206. The van der Waals surface area contributed by atoms with Crippen molar-refractivity contribution in [2.75, 3.05) is 0 Å². The maximum absolute atomic E-state index is 5.07. The van der Waals surface area contributed by atoms with Gasteiger partial charge in [0.2, 0.25) is 0 Å². The summed E-state index contributed by atoms with van der Waals surface area (Å²) in [6, 6.07) is 35.2. The highest BCUT2D eigenvalue weighted by molar-refractivity contribution is 6.14. The van der Waals surface area contributed by atoms with E-state index in [1.807, 2.05) is 12.1 Å². The molecule has 1 heterocycles. The van der Waals surface area contributed by atoms with E-state index in [0.29, 0.717) is 0 Å². The predicted molar refractivity (Wildman–Crippen MR) is 126 cm³/mol. The molecule has 137 valence electrons. The number of fused-ring (bicyclic) bond motifs is 8. The molecule has 7 aromatic rings. The zero-order valence-corrected chi connectivity index (χ0v) is 16.1. The van der Waals surface area contributed by atoms with Gasteiger partial charge in [-0.25, -0.2) is 9.97 Å². The van der Waals surface area contributed by atoms with Crippen LogP contribution in [0.5, 0.6) is 0 Å². The minimum atomic E-state index is 0.926. The molecule has 0 aliphatic rings. The van der Waals surface area contributed by atoms with E-state index < -0.39 is 0 Å². The minimum absolute atomic E-state index is 0.926. The molecule has 0 aliphatic heterocycles. The lowest BCUT2D eigenvalue weighted by Crippen LogP contribution is -1.90. The third-order valence-corrected chi connectivity index (χ3v) is 6.05. The average Bonchev–Trinajstić information content (AvgIpc) is 2.80. The lowest BCUT2D eigenvalue weighted by molar-refractivity contribution is 1.42. The van der Waals surface area contributed by atoms with Gasteiger partial charge >= 0.3 is 0 Å². The molecule has 30 heavy (non-hydrogen) atoms. The molecule has 2 nitrogen and oxygen atoms in total. The standard InChI is InChI=1S/C28H15N2/c1-3-7-19-15-23-21(13-17(19)5-1)9-11-25-27(23)29-26-12-10-22-14-18-6-2-4-8-20(18)16-24(22)28(26)30-25/h1-5,7-16H. The van der Waals surface area contributed by atoms with Crippen molar-refractivity contribution in [1.29, 1.82) is 0 Å². The van der Waals surface area contributed by atoms with Crippen LogP contribution in [0.25, 0.3) is 65.2 Å². The molecule has 7 rings (SSSR count). The van der Waals surface area contributed by atoms with Crippen LogP contribution in [-0.4, -0.2) is 9.97 Å². The minimum Gasteiger partial charge on any atom is -0.244 e. The Hall–Kier alpha value is -4.04. The Kier molecular flexibility index (Phi) is 3.03. The summed E-state index contributed by atoms with van der Waals surface area (Å²) in [5, 5.41) is 9.39. The fourth-order valence-electron chi connectivity index (χ4n) is 4.56. The van der Waals surface area contributed by atoms with Gasteiger partial charge in [-0.2, -0.15) is 0 Å². The molecule has 1 aromatic heterocycles. The lowest BCUT2D eigenvalue weighted by atomic mass is 10.0. The van der Waals surface area contributed by atoms with Crippen LogP contribution in [0.15, 0.2) is 91.0 Å². The van der Waals surface area contributed by atoms with Crippen LogP contribution in [0.2, 0.25) is 0 Å². The van der Waals surface area contributed by atoms with Crippen molar-refractivity contribution in [1.82, 2.24) is 9.97 Å². The lowest BCUT2D eigenvalue weighted by Gasteiger charge is -2.09. The maximum atomic E-state index is 5.07. The zero-order chi connectivity index (χ0) is 19.7. The first kappa shape index (κ1) is 15.8. The molecule has 0 aliphatic carbocycles. The number of hydrogen-bond donors (Lipinski definition) is 0. The summed E-state index contributed by atoms with van der Waals surface area (Å²) in [6.07, 6.45) is 0. The van der Waals surface area contributed by atoms with Crippen LogP contribution < -0.4 is 0 Å². The van der Waals surface area contributed by atoms with Crippen molar-refractivity contribution >= 4 is 65.2 Å². The normalized spacial score (nSPS) is 12.0. The molecule has 0 fully saturated rings. The summed E-state index contributed by atoms with van der Waals surface area (Å²) < 4.78 is 0. The molecule has 0 saturated heterocycles. The number of aromatic nitrogens is 2. The van der Waals surface area contributed by atoms with Crippen LogP contribution in [0.1, 0.15) is 0 Å². The van der Waals surface area contributed by atoms with Crippen molar-refractivity contribution in [3.63, 3.8) is 0 Å². The fraction of sp³-hybridized carbons (Fsp3) is 0. The molecular formula is C28H15N2. The van der Waals surface area contributed by atoms with Gasteiger partial charge < -0.3 is 0 Å². The van der Waals surface area contributed by atoms with Gasteiger partial charge in [0.25, 0.3) is 0 Å². The summed E-state index contributed by atoms with van der Waals surface area (Å²) in [5.74, 6) is 0. The van der Waals surface area contributed by atoms with E-state index in [-0.39, 0.29) is 0 Å². The predicted octanol–water partition coefficient (Wildman–Crippen LogP) is 7.20. The molecule has 0 N–H and O–H groups in total. The smallest absolute Gasteiger partial charge is 0.0973 e. The van der Waals surface area contributed by atoms with Crippen LogP contribution in [-0.2, 0) is 0 Å². The third kappa shape index (κ3) is 2.19. The largest absolute Gasteiger partial charge is 0.244 e. The van der Waals surface area contributed by atoms with Gasteiger partial charge in [-0.1, -0.05) is 54.6 Å². The molecule has 1 radical (unpaired) electrons. The molecule has 0 saturated carbocycles. The molecular weight excluding hydrogens is 364 g/mol. The molecule has 0 unspecified atom stereocenters. The monoisotopic (exact) mass is 379 g/mol. The van der Waals surface area contributed by atoms with E-state index in [1.165, 1.54) is 21.5 Å². The first-order chi connectivity index (χ1) is 14.8.